The van der Waals surface area contributed by atoms with E-state index in [1.54, 1.807) is 28.8 Å². The highest BCUT2D eigenvalue weighted by Gasteiger charge is 2.22. The normalized spacial score (nSPS) is 12.0. The van der Waals surface area contributed by atoms with Crippen molar-refractivity contribution in [1.29, 1.82) is 0 Å². The number of carbonyl (C=O) groups excluding carboxylic acids is 2. The molecule has 0 spiro atoms. The van der Waals surface area contributed by atoms with Crippen LogP contribution in [0.2, 0.25) is 0 Å². The minimum absolute atomic E-state index is 0.272. The average Bonchev–Trinajstić information content (AvgIpc) is 2.97. The summed E-state index contributed by atoms with van der Waals surface area (Å²) in [5, 5.41) is 2.55. The minimum atomic E-state index is -1.06. The molecule has 6 nitrogen and oxygen atoms in total. The number of carbonyl (C=O) groups is 2. The van der Waals surface area contributed by atoms with Gasteiger partial charge in [0.2, 0.25) is 5.91 Å². The summed E-state index contributed by atoms with van der Waals surface area (Å²) in [6.45, 7) is 0. The van der Waals surface area contributed by atoms with Crippen molar-refractivity contribution in [1.82, 2.24) is 14.7 Å². The Bertz CT molecular complexity index is 873. The van der Waals surface area contributed by atoms with Gasteiger partial charge in [-0.15, -0.1) is 0 Å². The van der Waals surface area contributed by atoms with Gasteiger partial charge in [0.25, 0.3) is 5.91 Å². The van der Waals surface area contributed by atoms with E-state index in [2.05, 4.69) is 10.3 Å². The smallest absolute Gasteiger partial charge is 0.270 e. The number of fused-ring (bicyclic) bond motifs is 1. The second kappa shape index (κ2) is 5.88. The van der Waals surface area contributed by atoms with E-state index >= 15 is 0 Å². The molecule has 1 aromatic carbocycles. The first-order chi connectivity index (χ1) is 11.1. The number of benzene rings is 1. The number of amides is 2. The highest BCUT2D eigenvalue weighted by atomic mass is 19.1. The number of nitrogens with one attached hydrogen (secondary N) is 1. The Balaban J connectivity index is 1.89. The highest BCUT2D eigenvalue weighted by Crippen LogP contribution is 2.15. The van der Waals surface area contributed by atoms with Crippen molar-refractivity contribution in [2.45, 2.75) is 6.04 Å². The molecule has 0 unspecified atom stereocenters. The van der Waals surface area contributed by atoms with Crippen molar-refractivity contribution in [3.63, 3.8) is 0 Å². The van der Waals surface area contributed by atoms with Crippen molar-refractivity contribution >= 4 is 17.5 Å². The summed E-state index contributed by atoms with van der Waals surface area (Å²) in [4.78, 5) is 28.2. The van der Waals surface area contributed by atoms with Gasteiger partial charge in [0.1, 0.15) is 23.2 Å². The number of nitrogens with two attached hydrogens (primary N) is 1. The van der Waals surface area contributed by atoms with Crippen molar-refractivity contribution in [3.8, 4) is 0 Å². The van der Waals surface area contributed by atoms with Gasteiger partial charge in [0, 0.05) is 6.20 Å². The molecule has 3 aromatic rings. The van der Waals surface area contributed by atoms with E-state index in [-0.39, 0.29) is 5.69 Å². The van der Waals surface area contributed by atoms with Crippen molar-refractivity contribution < 1.29 is 14.0 Å². The van der Waals surface area contributed by atoms with Crippen LogP contribution in [-0.4, -0.2) is 21.2 Å². The maximum Gasteiger partial charge on any atom is 0.270 e. The summed E-state index contributed by atoms with van der Waals surface area (Å²) in [6.07, 6.45) is 3.10. The Kier molecular flexibility index (Phi) is 3.76. The molecule has 2 aromatic heterocycles. The molecule has 1 atom stereocenters. The Morgan fingerprint density at radius 2 is 1.91 bits per heavy atom. The lowest BCUT2D eigenvalue weighted by Crippen LogP contribution is -2.37. The van der Waals surface area contributed by atoms with E-state index in [4.69, 9.17) is 5.73 Å². The van der Waals surface area contributed by atoms with Gasteiger partial charge in [0.15, 0.2) is 0 Å². The van der Waals surface area contributed by atoms with Crippen molar-refractivity contribution in [3.05, 3.63) is 71.9 Å². The van der Waals surface area contributed by atoms with Crippen molar-refractivity contribution in [2.24, 2.45) is 5.73 Å². The summed E-state index contributed by atoms with van der Waals surface area (Å²) in [5.41, 5.74) is 6.63. The van der Waals surface area contributed by atoms with Gasteiger partial charge in [-0.25, -0.2) is 9.37 Å². The molecule has 0 radical (unpaired) electrons. The van der Waals surface area contributed by atoms with Gasteiger partial charge in [-0.05, 0) is 29.8 Å². The number of pyridine rings is 1. The van der Waals surface area contributed by atoms with E-state index in [0.717, 1.165) is 0 Å². The monoisotopic (exact) mass is 312 g/mol. The first kappa shape index (κ1) is 14.7. The third-order valence-corrected chi connectivity index (χ3v) is 3.41. The molecule has 0 aliphatic heterocycles. The van der Waals surface area contributed by atoms with Crippen molar-refractivity contribution in [2.75, 3.05) is 0 Å². The van der Waals surface area contributed by atoms with Crippen LogP contribution in [0.1, 0.15) is 22.1 Å². The number of imidazole rings is 1. The lowest BCUT2D eigenvalue weighted by molar-refractivity contribution is -0.120. The quantitative estimate of drug-likeness (QED) is 0.763. The average molecular weight is 312 g/mol. The van der Waals surface area contributed by atoms with Crippen LogP contribution in [0.4, 0.5) is 4.39 Å². The van der Waals surface area contributed by atoms with Crippen LogP contribution in [0.15, 0.2) is 54.9 Å². The zero-order chi connectivity index (χ0) is 16.4. The number of hydrogen-bond acceptors (Lipinski definition) is 3. The molecule has 2 heterocycles. The molecular formula is C16H13FN4O2. The third-order valence-electron chi connectivity index (χ3n) is 3.41. The van der Waals surface area contributed by atoms with E-state index in [0.29, 0.717) is 11.2 Å². The van der Waals surface area contributed by atoms with Gasteiger partial charge in [0.05, 0.1) is 6.20 Å². The molecule has 2 amide bonds. The van der Waals surface area contributed by atoms with Crippen LogP contribution in [-0.2, 0) is 4.79 Å². The Labute approximate surface area is 130 Å². The molecule has 7 heteroatoms. The second-order valence-electron chi connectivity index (χ2n) is 4.93. The number of halogens is 1. The summed E-state index contributed by atoms with van der Waals surface area (Å²) in [5.74, 6) is -1.68. The summed E-state index contributed by atoms with van der Waals surface area (Å²) < 4.78 is 14.6. The summed E-state index contributed by atoms with van der Waals surface area (Å²) in [6, 6.07) is 9.46. The molecule has 23 heavy (non-hydrogen) atoms. The van der Waals surface area contributed by atoms with E-state index in [9.17, 15) is 14.0 Å². The molecule has 116 valence electrons. The van der Waals surface area contributed by atoms with Crippen LogP contribution in [0.25, 0.3) is 5.65 Å². The molecule has 0 fully saturated rings. The van der Waals surface area contributed by atoms with Crippen LogP contribution < -0.4 is 11.1 Å². The first-order valence-electron chi connectivity index (χ1n) is 6.84. The fraction of sp³-hybridized carbons (Fsp3) is 0.0625. The largest absolute Gasteiger partial charge is 0.368 e. The zero-order valence-electron chi connectivity index (χ0n) is 11.9. The standard InChI is InChI=1S/C16H13FN4O2/c17-11-6-4-10(5-7-11)14(15(18)22)20-16(23)12-9-19-13-3-1-2-8-21(12)13/h1-9,14H,(H2,18,22)(H,20,23)/t14-/m1/s1. The third kappa shape index (κ3) is 2.89. The maximum atomic E-state index is 13.0. The molecule has 0 saturated carbocycles. The zero-order valence-corrected chi connectivity index (χ0v) is 11.9. The Hall–Kier alpha value is -3.22. The van der Waals surface area contributed by atoms with E-state index in [1.165, 1.54) is 30.5 Å². The molecule has 0 saturated heterocycles. The predicted molar refractivity (Wildman–Crippen MR) is 81.0 cm³/mol. The number of nitrogens with zero attached hydrogens (tertiary/aromatic N) is 2. The van der Waals surface area contributed by atoms with Gasteiger partial charge in [-0.1, -0.05) is 18.2 Å². The first-order valence-corrected chi connectivity index (χ1v) is 6.84. The van der Waals surface area contributed by atoms with Crippen LogP contribution in [0, 0.1) is 5.82 Å². The van der Waals surface area contributed by atoms with Crippen LogP contribution in [0.3, 0.4) is 0 Å². The summed E-state index contributed by atoms with van der Waals surface area (Å²) >= 11 is 0. The Morgan fingerprint density at radius 1 is 1.17 bits per heavy atom. The fourth-order valence-corrected chi connectivity index (χ4v) is 2.28. The van der Waals surface area contributed by atoms with Crippen LogP contribution in [0.5, 0.6) is 0 Å². The molecule has 0 aliphatic carbocycles. The van der Waals surface area contributed by atoms with Gasteiger partial charge in [-0.3, -0.25) is 14.0 Å². The second-order valence-corrected chi connectivity index (χ2v) is 4.93. The summed E-state index contributed by atoms with van der Waals surface area (Å²) in [7, 11) is 0. The fourth-order valence-electron chi connectivity index (χ4n) is 2.28. The number of aromatic nitrogens is 2. The number of hydrogen-bond donors (Lipinski definition) is 2. The molecule has 3 rings (SSSR count). The maximum absolute atomic E-state index is 13.0. The van der Waals surface area contributed by atoms with E-state index < -0.39 is 23.7 Å². The van der Waals surface area contributed by atoms with Crippen LogP contribution >= 0.6 is 0 Å². The van der Waals surface area contributed by atoms with Gasteiger partial charge in [-0.2, -0.15) is 0 Å². The topological polar surface area (TPSA) is 89.5 Å². The molecule has 0 aliphatic rings. The number of rotatable bonds is 4. The molecular weight excluding hydrogens is 299 g/mol. The Morgan fingerprint density at radius 3 is 2.61 bits per heavy atom. The van der Waals surface area contributed by atoms with E-state index in [1.807, 2.05) is 0 Å². The SMILES string of the molecule is NC(=O)[C@H](NC(=O)c1cnc2ccccn12)c1ccc(F)cc1. The minimum Gasteiger partial charge on any atom is -0.368 e. The lowest BCUT2D eigenvalue weighted by atomic mass is 10.1. The lowest BCUT2D eigenvalue weighted by Gasteiger charge is -2.15. The predicted octanol–water partition coefficient (Wildman–Crippen LogP) is 1.43. The van der Waals surface area contributed by atoms with Gasteiger partial charge >= 0.3 is 0 Å². The molecule has 0 bridgehead atoms. The highest BCUT2D eigenvalue weighted by molar-refractivity contribution is 5.96. The van der Waals surface area contributed by atoms with Gasteiger partial charge < -0.3 is 11.1 Å². The number of primary amides is 1. The molecule has 3 N–H and O–H groups in total.